The Kier molecular flexibility index (Phi) is 6.50. The maximum Gasteiger partial charge on any atom is 0.317 e. The van der Waals surface area contributed by atoms with Gasteiger partial charge in [-0.1, -0.05) is 23.4 Å². The van der Waals surface area contributed by atoms with Crippen LogP contribution in [0.4, 0.5) is 10.6 Å². The van der Waals surface area contributed by atoms with Crippen molar-refractivity contribution >= 4 is 41.2 Å². The number of hydrogen-bond donors (Lipinski definition) is 2. The number of rotatable bonds is 5. The Bertz CT molecular complexity index is 618. The van der Waals surface area contributed by atoms with E-state index in [2.05, 4.69) is 15.3 Å². The Morgan fingerprint density at radius 1 is 1.46 bits per heavy atom. The summed E-state index contributed by atoms with van der Waals surface area (Å²) < 4.78 is 0. The van der Waals surface area contributed by atoms with Crippen LogP contribution in [0.5, 0.6) is 0 Å². The van der Waals surface area contributed by atoms with Crippen LogP contribution >= 0.6 is 23.4 Å². The van der Waals surface area contributed by atoms with Crippen LogP contribution in [0.1, 0.15) is 13.8 Å². The first-order valence-corrected chi connectivity index (χ1v) is 8.95. The second-order valence-corrected chi connectivity index (χ2v) is 6.67. The number of nitrogens with one attached hydrogen (secondary N) is 1. The minimum atomic E-state index is -0.936. The highest BCUT2D eigenvalue weighted by Gasteiger charge is 2.28. The molecule has 1 atom stereocenters. The summed E-state index contributed by atoms with van der Waals surface area (Å²) in [7, 11) is 0. The van der Waals surface area contributed by atoms with Gasteiger partial charge in [0.25, 0.3) is 0 Å². The molecule has 1 unspecified atom stereocenters. The molecule has 24 heavy (non-hydrogen) atoms. The average Bonchev–Trinajstić information content (AvgIpc) is 2.52. The molecule has 1 saturated heterocycles. The molecule has 2 N–H and O–H groups in total. The topological polar surface area (TPSA) is 98.7 Å². The second kappa shape index (κ2) is 8.39. The highest BCUT2D eigenvalue weighted by Crippen LogP contribution is 2.24. The quantitative estimate of drug-likeness (QED) is 0.459. The van der Waals surface area contributed by atoms with Crippen LogP contribution in [0.25, 0.3) is 0 Å². The lowest BCUT2D eigenvalue weighted by Gasteiger charge is -2.40. The summed E-state index contributed by atoms with van der Waals surface area (Å²) in [4.78, 5) is 34.9. The van der Waals surface area contributed by atoms with E-state index in [1.165, 1.54) is 0 Å². The minimum Gasteiger partial charge on any atom is -0.481 e. The number of anilines is 1. The second-order valence-electron chi connectivity index (χ2n) is 5.34. The van der Waals surface area contributed by atoms with Gasteiger partial charge in [0, 0.05) is 38.3 Å². The van der Waals surface area contributed by atoms with Crippen molar-refractivity contribution in [1.29, 1.82) is 0 Å². The van der Waals surface area contributed by atoms with E-state index in [1.807, 2.05) is 18.7 Å². The standard InChI is InChI=1S/C14H20ClN5O3S/c1-3-16-14(23)20-5-4-19(7-9(20)2)11-6-10(15)17-13(18-11)24-8-12(21)22/h6,9H,3-5,7-8H2,1-2H3,(H,16,23)(H,21,22). The first-order chi connectivity index (χ1) is 11.4. The number of carbonyl (C=O) groups excluding carboxylic acids is 1. The largest absolute Gasteiger partial charge is 0.481 e. The van der Waals surface area contributed by atoms with Crippen LogP contribution in [0, 0.1) is 0 Å². The monoisotopic (exact) mass is 373 g/mol. The van der Waals surface area contributed by atoms with E-state index in [1.54, 1.807) is 11.0 Å². The molecule has 0 aliphatic carbocycles. The van der Waals surface area contributed by atoms with E-state index in [0.29, 0.717) is 37.2 Å². The highest BCUT2D eigenvalue weighted by atomic mass is 35.5. The molecule has 1 aromatic heterocycles. The van der Waals surface area contributed by atoms with Gasteiger partial charge in [0.15, 0.2) is 5.16 Å². The first kappa shape index (κ1) is 18.6. The maximum absolute atomic E-state index is 12.0. The fourth-order valence-electron chi connectivity index (χ4n) is 2.46. The van der Waals surface area contributed by atoms with Crippen molar-refractivity contribution in [3.8, 4) is 0 Å². The van der Waals surface area contributed by atoms with E-state index in [4.69, 9.17) is 16.7 Å². The van der Waals surface area contributed by atoms with Gasteiger partial charge >= 0.3 is 12.0 Å². The van der Waals surface area contributed by atoms with Crippen molar-refractivity contribution in [2.24, 2.45) is 0 Å². The summed E-state index contributed by atoms with van der Waals surface area (Å²) in [5, 5.41) is 12.2. The molecule has 0 saturated carbocycles. The van der Waals surface area contributed by atoms with E-state index < -0.39 is 5.97 Å². The number of aliphatic carboxylic acids is 1. The first-order valence-electron chi connectivity index (χ1n) is 7.59. The Balaban J connectivity index is 2.07. The molecule has 1 aliphatic heterocycles. The molecule has 0 bridgehead atoms. The molecular formula is C14H20ClN5O3S. The van der Waals surface area contributed by atoms with Crippen LogP contribution in [-0.2, 0) is 4.79 Å². The molecular weight excluding hydrogens is 354 g/mol. The lowest BCUT2D eigenvalue weighted by molar-refractivity contribution is -0.133. The van der Waals surface area contributed by atoms with Crippen LogP contribution in [0.2, 0.25) is 5.15 Å². The number of carboxylic acid groups (broad SMARTS) is 1. The van der Waals surface area contributed by atoms with E-state index >= 15 is 0 Å². The zero-order chi connectivity index (χ0) is 17.7. The Hall–Kier alpha value is -1.74. The number of aromatic nitrogens is 2. The van der Waals surface area contributed by atoms with Gasteiger partial charge < -0.3 is 20.2 Å². The zero-order valence-electron chi connectivity index (χ0n) is 13.5. The fraction of sp³-hybridized carbons (Fsp3) is 0.571. The van der Waals surface area contributed by atoms with E-state index in [9.17, 15) is 9.59 Å². The number of carbonyl (C=O) groups is 2. The lowest BCUT2D eigenvalue weighted by Crippen LogP contribution is -2.56. The predicted octanol–water partition coefficient (Wildman–Crippen LogP) is 1.55. The van der Waals surface area contributed by atoms with Crippen molar-refractivity contribution in [3.63, 3.8) is 0 Å². The molecule has 1 fully saturated rings. The molecule has 1 aromatic rings. The number of carboxylic acids is 1. The molecule has 0 aromatic carbocycles. The normalized spacial score (nSPS) is 17.7. The Morgan fingerprint density at radius 3 is 2.83 bits per heavy atom. The Morgan fingerprint density at radius 2 is 2.21 bits per heavy atom. The third kappa shape index (κ3) is 4.88. The summed E-state index contributed by atoms with van der Waals surface area (Å²) in [6.45, 7) is 6.28. The molecule has 1 aliphatic rings. The fourth-order valence-corrected chi connectivity index (χ4v) is 3.26. The number of halogens is 1. The minimum absolute atomic E-state index is 0.0224. The summed E-state index contributed by atoms with van der Waals surface area (Å²) >= 11 is 7.05. The average molecular weight is 374 g/mol. The van der Waals surface area contributed by atoms with E-state index in [-0.39, 0.29) is 23.0 Å². The molecule has 8 nitrogen and oxygen atoms in total. The molecule has 2 amide bonds. The number of piperazine rings is 1. The third-order valence-corrected chi connectivity index (χ3v) is 4.55. The van der Waals surface area contributed by atoms with Gasteiger partial charge in [-0.25, -0.2) is 14.8 Å². The lowest BCUT2D eigenvalue weighted by atomic mass is 10.2. The predicted molar refractivity (Wildman–Crippen MR) is 92.9 cm³/mol. The van der Waals surface area contributed by atoms with Gasteiger partial charge in [-0.05, 0) is 13.8 Å². The van der Waals surface area contributed by atoms with Crippen LogP contribution in [0.15, 0.2) is 11.2 Å². The van der Waals surface area contributed by atoms with Crippen molar-refractivity contribution < 1.29 is 14.7 Å². The molecule has 2 rings (SSSR count). The number of urea groups is 1. The number of nitrogens with zero attached hydrogens (tertiary/aromatic N) is 4. The van der Waals surface area contributed by atoms with Gasteiger partial charge in [-0.3, -0.25) is 4.79 Å². The molecule has 0 spiro atoms. The van der Waals surface area contributed by atoms with Gasteiger partial charge in [0.2, 0.25) is 0 Å². The number of thioether (sulfide) groups is 1. The molecule has 10 heteroatoms. The van der Waals surface area contributed by atoms with Gasteiger partial charge in [-0.2, -0.15) is 0 Å². The van der Waals surface area contributed by atoms with Crippen molar-refractivity contribution in [3.05, 3.63) is 11.2 Å². The molecule has 132 valence electrons. The van der Waals surface area contributed by atoms with Crippen LogP contribution in [0.3, 0.4) is 0 Å². The van der Waals surface area contributed by atoms with Gasteiger partial charge in [0.1, 0.15) is 11.0 Å². The highest BCUT2D eigenvalue weighted by molar-refractivity contribution is 7.99. The van der Waals surface area contributed by atoms with Gasteiger partial charge in [0.05, 0.1) is 5.75 Å². The molecule has 0 radical (unpaired) electrons. The Labute approximate surface area is 149 Å². The number of hydrogen-bond acceptors (Lipinski definition) is 6. The van der Waals surface area contributed by atoms with Crippen molar-refractivity contribution in [2.45, 2.75) is 25.0 Å². The third-order valence-electron chi connectivity index (χ3n) is 3.53. The maximum atomic E-state index is 12.0. The number of amides is 2. The summed E-state index contributed by atoms with van der Waals surface area (Å²) in [6.07, 6.45) is 0. The van der Waals surface area contributed by atoms with Crippen molar-refractivity contribution in [2.75, 3.05) is 36.8 Å². The smallest absolute Gasteiger partial charge is 0.317 e. The summed E-state index contributed by atoms with van der Waals surface area (Å²) in [5.41, 5.74) is 0. The van der Waals surface area contributed by atoms with E-state index in [0.717, 1.165) is 11.8 Å². The molecule has 2 heterocycles. The van der Waals surface area contributed by atoms with Crippen molar-refractivity contribution in [1.82, 2.24) is 20.2 Å². The summed E-state index contributed by atoms with van der Waals surface area (Å²) in [5.74, 6) is -0.416. The summed E-state index contributed by atoms with van der Waals surface area (Å²) in [6, 6.07) is 1.61. The van der Waals surface area contributed by atoms with Crippen LogP contribution < -0.4 is 10.2 Å². The van der Waals surface area contributed by atoms with Gasteiger partial charge in [-0.15, -0.1) is 0 Å². The van der Waals surface area contributed by atoms with Crippen LogP contribution in [-0.4, -0.2) is 69.9 Å². The zero-order valence-corrected chi connectivity index (χ0v) is 15.1. The SMILES string of the molecule is CCNC(=O)N1CCN(c2cc(Cl)nc(SCC(=O)O)n2)CC1C.